The molecular formula is C30H41FN4O2. The standard InChI is InChI=1S/C30H41FN4O2/c1-23(2)33-17-6-18-35(30(37)25-13-15-32-16-14-25)28-11-10-27(31)21-26(28)22-34(20-19-33)29(36)12-9-24-7-4-3-5-8-24/h10-11,13-16,21,23-24H,3-9,12,17-20,22H2,1-2H3. The van der Waals surface area contributed by atoms with Crippen LogP contribution in [0.2, 0.25) is 0 Å². The topological polar surface area (TPSA) is 56.8 Å². The van der Waals surface area contributed by atoms with E-state index in [1.807, 2.05) is 4.90 Å². The summed E-state index contributed by atoms with van der Waals surface area (Å²) in [6, 6.07) is 8.31. The summed E-state index contributed by atoms with van der Waals surface area (Å²) < 4.78 is 14.5. The lowest BCUT2D eigenvalue weighted by molar-refractivity contribution is -0.132. The number of carbonyl (C=O) groups excluding carboxylic acids is 2. The van der Waals surface area contributed by atoms with Crippen LogP contribution in [0.15, 0.2) is 42.7 Å². The maximum Gasteiger partial charge on any atom is 0.258 e. The highest BCUT2D eigenvalue weighted by Gasteiger charge is 2.26. The van der Waals surface area contributed by atoms with Crippen molar-refractivity contribution in [1.82, 2.24) is 14.8 Å². The number of fused-ring (bicyclic) bond motifs is 1. The van der Waals surface area contributed by atoms with Gasteiger partial charge in [0.25, 0.3) is 5.91 Å². The van der Waals surface area contributed by atoms with Gasteiger partial charge in [-0.05, 0) is 68.5 Å². The number of anilines is 1. The van der Waals surface area contributed by atoms with Gasteiger partial charge >= 0.3 is 0 Å². The molecule has 37 heavy (non-hydrogen) atoms. The second-order valence-corrected chi connectivity index (χ2v) is 10.8. The Kier molecular flexibility index (Phi) is 9.67. The molecule has 2 heterocycles. The SMILES string of the molecule is CC(C)N1CCCN(C(=O)c2ccncc2)c2ccc(F)cc2CN(C(=O)CCC2CCCCC2)CC1. The Morgan fingerprint density at radius 2 is 1.73 bits per heavy atom. The van der Waals surface area contributed by atoms with E-state index < -0.39 is 0 Å². The Bertz CT molecular complexity index is 1040. The molecule has 1 aromatic heterocycles. The van der Waals surface area contributed by atoms with Crippen LogP contribution in [0.3, 0.4) is 0 Å². The van der Waals surface area contributed by atoms with Gasteiger partial charge in [-0.3, -0.25) is 19.5 Å². The van der Waals surface area contributed by atoms with Crippen LogP contribution in [0.4, 0.5) is 10.1 Å². The van der Waals surface area contributed by atoms with Gasteiger partial charge in [-0.1, -0.05) is 32.1 Å². The number of pyridine rings is 1. The molecule has 2 aromatic rings. The van der Waals surface area contributed by atoms with Crippen molar-refractivity contribution >= 4 is 17.5 Å². The molecule has 0 bridgehead atoms. The summed E-state index contributed by atoms with van der Waals surface area (Å²) >= 11 is 0. The van der Waals surface area contributed by atoms with E-state index in [4.69, 9.17) is 0 Å². The molecule has 1 aliphatic heterocycles. The molecule has 0 saturated heterocycles. The van der Waals surface area contributed by atoms with E-state index >= 15 is 0 Å². The third-order valence-corrected chi connectivity index (χ3v) is 7.92. The third-order valence-electron chi connectivity index (χ3n) is 7.92. The minimum Gasteiger partial charge on any atom is -0.337 e. The molecule has 2 amide bonds. The number of halogens is 1. The molecule has 1 fully saturated rings. The van der Waals surface area contributed by atoms with Crippen molar-refractivity contribution in [2.24, 2.45) is 5.92 Å². The lowest BCUT2D eigenvalue weighted by atomic mass is 9.86. The zero-order valence-corrected chi connectivity index (χ0v) is 22.4. The van der Waals surface area contributed by atoms with Crippen molar-refractivity contribution in [3.8, 4) is 0 Å². The quantitative estimate of drug-likeness (QED) is 0.522. The molecular weight excluding hydrogens is 467 g/mol. The van der Waals surface area contributed by atoms with Gasteiger partial charge in [0, 0.05) is 68.8 Å². The number of carbonyl (C=O) groups is 2. The summed E-state index contributed by atoms with van der Waals surface area (Å²) in [5.41, 5.74) is 1.89. The minimum atomic E-state index is -0.358. The van der Waals surface area contributed by atoms with Crippen molar-refractivity contribution in [2.45, 2.75) is 77.8 Å². The molecule has 1 aromatic carbocycles. The zero-order valence-electron chi connectivity index (χ0n) is 22.4. The molecule has 2 aliphatic rings. The van der Waals surface area contributed by atoms with Gasteiger partial charge in [0.1, 0.15) is 5.82 Å². The van der Waals surface area contributed by atoms with E-state index in [1.165, 1.54) is 44.2 Å². The molecule has 0 unspecified atom stereocenters. The summed E-state index contributed by atoms with van der Waals surface area (Å²) in [5.74, 6) is 0.256. The van der Waals surface area contributed by atoms with Crippen LogP contribution < -0.4 is 4.90 Å². The second kappa shape index (κ2) is 13.1. The smallest absolute Gasteiger partial charge is 0.258 e. The Morgan fingerprint density at radius 1 is 0.973 bits per heavy atom. The average Bonchev–Trinajstić information content (AvgIpc) is 2.95. The fourth-order valence-electron chi connectivity index (χ4n) is 5.69. The fourth-order valence-corrected chi connectivity index (χ4v) is 5.69. The summed E-state index contributed by atoms with van der Waals surface area (Å²) in [6.07, 6.45) is 11.7. The Morgan fingerprint density at radius 3 is 2.46 bits per heavy atom. The summed E-state index contributed by atoms with van der Waals surface area (Å²) in [4.78, 5) is 37.2. The van der Waals surface area contributed by atoms with Gasteiger partial charge in [0.2, 0.25) is 5.91 Å². The van der Waals surface area contributed by atoms with E-state index in [-0.39, 0.29) is 17.6 Å². The maximum atomic E-state index is 14.5. The summed E-state index contributed by atoms with van der Waals surface area (Å²) in [7, 11) is 0. The fraction of sp³-hybridized carbons (Fsp3) is 0.567. The number of aromatic nitrogens is 1. The van der Waals surface area contributed by atoms with Gasteiger partial charge < -0.3 is 9.80 Å². The lowest BCUT2D eigenvalue weighted by Gasteiger charge is -2.30. The zero-order chi connectivity index (χ0) is 26.2. The number of hydrogen-bond acceptors (Lipinski definition) is 4. The van der Waals surface area contributed by atoms with E-state index in [9.17, 15) is 14.0 Å². The van der Waals surface area contributed by atoms with Gasteiger partial charge in [-0.2, -0.15) is 0 Å². The lowest BCUT2D eigenvalue weighted by Crippen LogP contribution is -2.41. The summed E-state index contributed by atoms with van der Waals surface area (Å²) in [6.45, 7) is 7.31. The van der Waals surface area contributed by atoms with E-state index in [2.05, 4.69) is 23.7 Å². The van der Waals surface area contributed by atoms with Crippen LogP contribution in [-0.4, -0.2) is 58.8 Å². The van der Waals surface area contributed by atoms with Crippen molar-refractivity contribution in [3.63, 3.8) is 0 Å². The van der Waals surface area contributed by atoms with Crippen LogP contribution in [0.5, 0.6) is 0 Å². The van der Waals surface area contributed by atoms with Gasteiger partial charge in [0.05, 0.1) is 0 Å². The predicted octanol–water partition coefficient (Wildman–Crippen LogP) is 5.67. The van der Waals surface area contributed by atoms with Crippen LogP contribution >= 0.6 is 0 Å². The maximum absolute atomic E-state index is 14.5. The van der Waals surface area contributed by atoms with E-state index in [0.717, 1.165) is 25.9 Å². The predicted molar refractivity (Wildman–Crippen MR) is 145 cm³/mol. The highest BCUT2D eigenvalue weighted by molar-refractivity contribution is 6.06. The van der Waals surface area contributed by atoms with Crippen LogP contribution in [-0.2, 0) is 11.3 Å². The summed E-state index contributed by atoms with van der Waals surface area (Å²) in [5, 5.41) is 0. The molecule has 6 nitrogen and oxygen atoms in total. The Labute approximate surface area is 220 Å². The first-order chi connectivity index (χ1) is 17.9. The first-order valence-electron chi connectivity index (χ1n) is 13.9. The highest BCUT2D eigenvalue weighted by Crippen LogP contribution is 2.29. The van der Waals surface area contributed by atoms with Crippen molar-refractivity contribution in [2.75, 3.05) is 31.1 Å². The van der Waals surface area contributed by atoms with Gasteiger partial charge in [-0.15, -0.1) is 0 Å². The van der Waals surface area contributed by atoms with E-state index in [1.54, 1.807) is 35.5 Å². The van der Waals surface area contributed by atoms with Gasteiger partial charge in [-0.25, -0.2) is 4.39 Å². The molecule has 0 N–H and O–H groups in total. The van der Waals surface area contributed by atoms with Crippen molar-refractivity contribution in [3.05, 3.63) is 59.7 Å². The number of benzene rings is 1. The average molecular weight is 509 g/mol. The normalized spacial score (nSPS) is 18.4. The van der Waals surface area contributed by atoms with Crippen molar-refractivity contribution in [1.29, 1.82) is 0 Å². The van der Waals surface area contributed by atoms with E-state index in [0.29, 0.717) is 54.8 Å². The number of rotatable bonds is 5. The molecule has 4 rings (SSSR count). The molecule has 7 heteroatoms. The van der Waals surface area contributed by atoms with Gasteiger partial charge in [0.15, 0.2) is 0 Å². The molecule has 1 saturated carbocycles. The van der Waals surface area contributed by atoms with Crippen LogP contribution in [0.25, 0.3) is 0 Å². The monoisotopic (exact) mass is 508 g/mol. The largest absolute Gasteiger partial charge is 0.337 e. The number of amides is 2. The Balaban J connectivity index is 1.63. The molecule has 200 valence electrons. The first-order valence-corrected chi connectivity index (χ1v) is 13.9. The third kappa shape index (κ3) is 7.37. The molecule has 0 spiro atoms. The molecule has 0 atom stereocenters. The van der Waals surface area contributed by atoms with Crippen LogP contribution in [0, 0.1) is 11.7 Å². The second-order valence-electron chi connectivity index (χ2n) is 10.8. The first kappa shape index (κ1) is 27.2. The minimum absolute atomic E-state index is 0.121. The van der Waals surface area contributed by atoms with Crippen LogP contribution in [0.1, 0.15) is 81.1 Å². The highest BCUT2D eigenvalue weighted by atomic mass is 19.1. The molecule has 0 radical (unpaired) electrons. The molecule has 1 aliphatic carbocycles. The van der Waals surface area contributed by atoms with Crippen molar-refractivity contribution < 1.29 is 14.0 Å². The number of hydrogen-bond donors (Lipinski definition) is 0. The number of nitrogens with zero attached hydrogens (tertiary/aromatic N) is 4. The Hall–Kier alpha value is -2.80.